The van der Waals surface area contributed by atoms with Crippen LogP contribution in [0.2, 0.25) is 0 Å². The van der Waals surface area contributed by atoms with Gasteiger partial charge >= 0.3 is 0 Å². The maximum atomic E-state index is 9.85. The molecular weight excluding hydrogens is 256 g/mol. The zero-order valence-electron chi connectivity index (χ0n) is 11.1. The second-order valence-electron chi connectivity index (χ2n) is 5.30. The number of aliphatic hydroxyl groups is 1. The van der Waals surface area contributed by atoms with Crippen LogP contribution in [0.4, 0.5) is 5.82 Å². The summed E-state index contributed by atoms with van der Waals surface area (Å²) in [6.07, 6.45) is 3.40. The number of aromatic nitrogens is 1. The number of piperidine rings is 1. The van der Waals surface area contributed by atoms with Gasteiger partial charge in [0.15, 0.2) is 11.5 Å². The number of nitrogens with zero attached hydrogens (tertiary/aromatic N) is 2. The molecule has 3 heterocycles. The molecule has 0 spiro atoms. The van der Waals surface area contributed by atoms with Crippen molar-refractivity contribution >= 4 is 16.6 Å². The molecule has 0 saturated carbocycles. The van der Waals surface area contributed by atoms with E-state index in [1.54, 1.807) is 6.20 Å². The average molecular weight is 272 g/mol. The molecule has 5 heteroatoms. The molecule has 1 N–H and O–H groups in total. The van der Waals surface area contributed by atoms with Crippen LogP contribution in [0.1, 0.15) is 12.8 Å². The molecule has 0 bridgehead atoms. The van der Waals surface area contributed by atoms with Gasteiger partial charge in [-0.1, -0.05) is 0 Å². The third-order valence-corrected chi connectivity index (χ3v) is 3.93. The molecule has 1 fully saturated rings. The molecule has 1 unspecified atom stereocenters. The Morgan fingerprint density at radius 1 is 1.25 bits per heavy atom. The van der Waals surface area contributed by atoms with Gasteiger partial charge in [-0.25, -0.2) is 4.98 Å². The topological polar surface area (TPSA) is 54.8 Å². The molecule has 0 radical (unpaired) electrons. The number of anilines is 1. The first-order valence-corrected chi connectivity index (χ1v) is 6.92. The van der Waals surface area contributed by atoms with Gasteiger partial charge < -0.3 is 19.5 Å². The summed E-state index contributed by atoms with van der Waals surface area (Å²) >= 11 is 0. The van der Waals surface area contributed by atoms with E-state index in [9.17, 15) is 5.11 Å². The first-order chi connectivity index (χ1) is 9.81. The highest BCUT2D eigenvalue weighted by molar-refractivity contribution is 5.94. The van der Waals surface area contributed by atoms with Crippen molar-refractivity contribution < 1.29 is 14.6 Å². The highest BCUT2D eigenvalue weighted by atomic mass is 16.7. The molecule has 0 amide bonds. The van der Waals surface area contributed by atoms with Crippen molar-refractivity contribution in [1.82, 2.24) is 4.98 Å². The predicted octanol–water partition coefficient (Wildman–Crippen LogP) is 1.92. The fourth-order valence-corrected chi connectivity index (χ4v) is 2.95. The molecule has 2 aliphatic heterocycles. The van der Waals surface area contributed by atoms with Crippen LogP contribution in [0, 0.1) is 0 Å². The van der Waals surface area contributed by atoms with Gasteiger partial charge in [0.2, 0.25) is 6.79 Å². The Morgan fingerprint density at radius 3 is 2.95 bits per heavy atom. The van der Waals surface area contributed by atoms with Crippen LogP contribution in [-0.2, 0) is 0 Å². The Morgan fingerprint density at radius 2 is 2.10 bits per heavy atom. The number of benzene rings is 1. The Labute approximate surface area is 116 Å². The Balaban J connectivity index is 1.82. The molecule has 1 aromatic carbocycles. The smallest absolute Gasteiger partial charge is 0.231 e. The van der Waals surface area contributed by atoms with Gasteiger partial charge in [0.25, 0.3) is 0 Å². The number of pyridine rings is 1. The van der Waals surface area contributed by atoms with Gasteiger partial charge in [0.1, 0.15) is 5.82 Å². The second-order valence-corrected chi connectivity index (χ2v) is 5.30. The lowest BCUT2D eigenvalue weighted by Crippen LogP contribution is -2.38. The van der Waals surface area contributed by atoms with Gasteiger partial charge in [-0.3, -0.25) is 0 Å². The van der Waals surface area contributed by atoms with E-state index in [1.807, 2.05) is 18.2 Å². The largest absolute Gasteiger partial charge is 0.454 e. The van der Waals surface area contributed by atoms with Crippen LogP contribution in [0.15, 0.2) is 24.4 Å². The number of aliphatic hydroxyl groups excluding tert-OH is 1. The molecule has 0 aliphatic carbocycles. The second kappa shape index (κ2) is 4.52. The van der Waals surface area contributed by atoms with E-state index in [0.29, 0.717) is 6.54 Å². The van der Waals surface area contributed by atoms with Gasteiger partial charge in [-0.2, -0.15) is 0 Å². The van der Waals surface area contributed by atoms with Gasteiger partial charge in [-0.15, -0.1) is 0 Å². The van der Waals surface area contributed by atoms with Crippen molar-refractivity contribution in [1.29, 1.82) is 0 Å². The average Bonchev–Trinajstić information content (AvgIpc) is 2.91. The first-order valence-electron chi connectivity index (χ1n) is 6.92. The Kier molecular flexibility index (Phi) is 2.67. The number of fused-ring (bicyclic) bond motifs is 2. The molecular formula is C15H16N2O3. The van der Waals surface area contributed by atoms with Crippen LogP contribution in [-0.4, -0.2) is 36.1 Å². The normalized spacial score (nSPS) is 21.4. The number of hydrogen-bond donors (Lipinski definition) is 1. The summed E-state index contributed by atoms with van der Waals surface area (Å²) in [5.41, 5.74) is 0. The number of ether oxygens (including phenoxy) is 2. The highest BCUT2D eigenvalue weighted by Crippen LogP contribution is 2.38. The van der Waals surface area contributed by atoms with Crippen molar-refractivity contribution in [3.63, 3.8) is 0 Å². The zero-order valence-corrected chi connectivity index (χ0v) is 11.1. The zero-order chi connectivity index (χ0) is 13.5. The minimum Gasteiger partial charge on any atom is -0.454 e. The van der Waals surface area contributed by atoms with Crippen molar-refractivity contribution in [3.05, 3.63) is 24.4 Å². The van der Waals surface area contributed by atoms with Crippen molar-refractivity contribution in [2.45, 2.75) is 18.9 Å². The summed E-state index contributed by atoms with van der Waals surface area (Å²) < 4.78 is 10.9. The molecule has 1 aromatic heterocycles. The maximum absolute atomic E-state index is 9.85. The van der Waals surface area contributed by atoms with E-state index >= 15 is 0 Å². The van der Waals surface area contributed by atoms with Gasteiger partial charge in [0, 0.05) is 24.7 Å². The van der Waals surface area contributed by atoms with E-state index < -0.39 is 0 Å². The predicted molar refractivity (Wildman–Crippen MR) is 75.3 cm³/mol. The lowest BCUT2D eigenvalue weighted by molar-refractivity contribution is 0.154. The standard InChI is InChI=1S/C15H16N2O3/c18-11-2-1-5-17(8-11)15-12-7-14-13(19-9-20-14)6-10(12)3-4-16-15/h3-4,6-7,11,18H,1-2,5,8-9H2. The summed E-state index contributed by atoms with van der Waals surface area (Å²) in [4.78, 5) is 6.66. The number of hydrogen-bond acceptors (Lipinski definition) is 5. The SMILES string of the molecule is OC1CCCN(c2nccc3cc4c(cc23)OCO4)C1. The highest BCUT2D eigenvalue weighted by Gasteiger charge is 2.22. The Bertz CT molecular complexity index is 659. The van der Waals surface area contributed by atoms with E-state index in [2.05, 4.69) is 9.88 Å². The van der Waals surface area contributed by atoms with E-state index in [0.717, 1.165) is 47.5 Å². The van der Waals surface area contributed by atoms with Crippen molar-refractivity contribution in [3.8, 4) is 11.5 Å². The lowest BCUT2D eigenvalue weighted by Gasteiger charge is -2.31. The molecule has 2 aliphatic rings. The van der Waals surface area contributed by atoms with Crippen molar-refractivity contribution in [2.75, 3.05) is 24.8 Å². The summed E-state index contributed by atoms with van der Waals surface area (Å²) in [7, 11) is 0. The molecule has 1 saturated heterocycles. The number of rotatable bonds is 1. The van der Waals surface area contributed by atoms with E-state index in [-0.39, 0.29) is 12.9 Å². The van der Waals surface area contributed by atoms with E-state index in [4.69, 9.17) is 9.47 Å². The van der Waals surface area contributed by atoms with Crippen LogP contribution < -0.4 is 14.4 Å². The van der Waals surface area contributed by atoms with Crippen LogP contribution >= 0.6 is 0 Å². The van der Waals surface area contributed by atoms with Crippen LogP contribution in [0.3, 0.4) is 0 Å². The molecule has 1 atom stereocenters. The van der Waals surface area contributed by atoms with Crippen LogP contribution in [0.5, 0.6) is 11.5 Å². The molecule has 2 aromatic rings. The van der Waals surface area contributed by atoms with E-state index in [1.165, 1.54) is 0 Å². The molecule has 4 rings (SSSR count). The summed E-state index contributed by atoms with van der Waals surface area (Å²) in [5.74, 6) is 2.47. The van der Waals surface area contributed by atoms with Gasteiger partial charge in [0.05, 0.1) is 6.10 Å². The van der Waals surface area contributed by atoms with Crippen LogP contribution in [0.25, 0.3) is 10.8 Å². The van der Waals surface area contributed by atoms with Gasteiger partial charge in [-0.05, 0) is 36.4 Å². The van der Waals surface area contributed by atoms with Crippen molar-refractivity contribution in [2.24, 2.45) is 0 Å². The molecule has 5 nitrogen and oxygen atoms in total. The minimum atomic E-state index is -0.269. The quantitative estimate of drug-likeness (QED) is 0.859. The third-order valence-electron chi connectivity index (χ3n) is 3.93. The minimum absolute atomic E-state index is 0.269. The Hall–Kier alpha value is -2.01. The number of β-amino-alcohol motifs (C(OH)–C–C–N with tert-alkyl or cyclic N) is 1. The molecule has 20 heavy (non-hydrogen) atoms. The third kappa shape index (κ3) is 1.86. The summed E-state index contributed by atoms with van der Waals surface area (Å²) in [6.45, 7) is 1.84. The monoisotopic (exact) mass is 272 g/mol. The summed E-state index contributed by atoms with van der Waals surface area (Å²) in [5, 5.41) is 12.0. The fraction of sp³-hybridized carbons (Fsp3) is 0.400. The first kappa shape index (κ1) is 11.8. The summed E-state index contributed by atoms with van der Waals surface area (Å²) in [6, 6.07) is 5.95. The maximum Gasteiger partial charge on any atom is 0.231 e. The lowest BCUT2D eigenvalue weighted by atomic mass is 10.1. The fourth-order valence-electron chi connectivity index (χ4n) is 2.95. The molecule has 104 valence electrons.